The Labute approximate surface area is 106 Å². The number of nitrogens with two attached hydrogens (primary N) is 1. The van der Waals surface area contributed by atoms with Gasteiger partial charge >= 0.3 is 0 Å². The highest BCUT2D eigenvalue weighted by molar-refractivity contribution is 7.99. The lowest BCUT2D eigenvalue weighted by Crippen LogP contribution is -2.09. The van der Waals surface area contributed by atoms with Gasteiger partial charge in [-0.3, -0.25) is 0 Å². The van der Waals surface area contributed by atoms with E-state index in [9.17, 15) is 4.39 Å². The largest absolute Gasteiger partial charge is 0.494 e. The van der Waals surface area contributed by atoms with E-state index in [0.29, 0.717) is 10.9 Å². The fourth-order valence-electron chi connectivity index (χ4n) is 1.41. The topological polar surface area (TPSA) is 47.3 Å². The molecule has 0 aliphatic rings. The van der Waals surface area contributed by atoms with Crippen molar-refractivity contribution in [2.75, 3.05) is 31.0 Å². The number of hydrogen-bond donors (Lipinski definition) is 2. The predicted octanol–water partition coefficient (Wildman–Crippen LogP) is 2.97. The van der Waals surface area contributed by atoms with Gasteiger partial charge in [0.25, 0.3) is 0 Å². The standard InChI is InChI=1S/C12H19FN2OS/c1-8(17-3)4-5-15-11-7-12(16-2)9(13)6-10(11)14/h6-8,15H,4-5,14H2,1-3H3. The third kappa shape index (κ3) is 4.00. The Bertz CT molecular complexity index is 374. The van der Waals surface area contributed by atoms with Gasteiger partial charge in [-0.05, 0) is 12.7 Å². The molecular formula is C12H19FN2OS. The predicted molar refractivity (Wildman–Crippen MR) is 73.4 cm³/mol. The summed E-state index contributed by atoms with van der Waals surface area (Å²) < 4.78 is 18.2. The number of halogens is 1. The van der Waals surface area contributed by atoms with E-state index in [-0.39, 0.29) is 5.75 Å². The van der Waals surface area contributed by atoms with Crippen molar-refractivity contribution in [1.29, 1.82) is 0 Å². The Hall–Kier alpha value is -1.10. The molecule has 3 nitrogen and oxygen atoms in total. The van der Waals surface area contributed by atoms with Crippen LogP contribution in [0.25, 0.3) is 0 Å². The van der Waals surface area contributed by atoms with Crippen molar-refractivity contribution in [3.05, 3.63) is 17.9 Å². The van der Waals surface area contributed by atoms with Crippen LogP contribution in [0.4, 0.5) is 15.8 Å². The highest BCUT2D eigenvalue weighted by atomic mass is 32.2. The summed E-state index contributed by atoms with van der Waals surface area (Å²) >= 11 is 1.82. The van der Waals surface area contributed by atoms with Gasteiger partial charge in [0.2, 0.25) is 0 Å². The maximum Gasteiger partial charge on any atom is 0.167 e. The first-order chi connectivity index (χ1) is 8.08. The first kappa shape index (κ1) is 14.0. The number of nitrogen functional groups attached to an aromatic ring is 1. The van der Waals surface area contributed by atoms with Crippen molar-refractivity contribution in [1.82, 2.24) is 0 Å². The maximum atomic E-state index is 13.3. The Morgan fingerprint density at radius 3 is 2.82 bits per heavy atom. The van der Waals surface area contributed by atoms with Crippen molar-refractivity contribution in [3.8, 4) is 5.75 Å². The smallest absolute Gasteiger partial charge is 0.167 e. The van der Waals surface area contributed by atoms with E-state index in [0.717, 1.165) is 18.7 Å². The molecule has 1 atom stereocenters. The number of benzene rings is 1. The van der Waals surface area contributed by atoms with Crippen LogP contribution in [0.5, 0.6) is 5.75 Å². The number of thioether (sulfide) groups is 1. The van der Waals surface area contributed by atoms with Gasteiger partial charge in [0.15, 0.2) is 11.6 Å². The fraction of sp³-hybridized carbons (Fsp3) is 0.500. The van der Waals surface area contributed by atoms with Crippen LogP contribution >= 0.6 is 11.8 Å². The minimum atomic E-state index is -0.437. The van der Waals surface area contributed by atoms with Gasteiger partial charge in [-0.15, -0.1) is 0 Å². The normalized spacial score (nSPS) is 12.2. The average molecular weight is 258 g/mol. The SMILES string of the molecule is COc1cc(NCCC(C)SC)c(N)cc1F. The van der Waals surface area contributed by atoms with Gasteiger partial charge in [-0.1, -0.05) is 6.92 Å². The zero-order valence-electron chi connectivity index (χ0n) is 10.4. The molecule has 0 saturated heterocycles. The maximum absolute atomic E-state index is 13.3. The minimum absolute atomic E-state index is 0.208. The molecule has 0 saturated carbocycles. The summed E-state index contributed by atoms with van der Waals surface area (Å²) in [5.41, 5.74) is 6.85. The van der Waals surface area contributed by atoms with E-state index in [1.807, 2.05) is 11.8 Å². The molecule has 0 fully saturated rings. The molecule has 1 unspecified atom stereocenters. The fourth-order valence-corrected chi connectivity index (χ4v) is 1.76. The van der Waals surface area contributed by atoms with Crippen LogP contribution in [0.3, 0.4) is 0 Å². The van der Waals surface area contributed by atoms with Crippen molar-refractivity contribution in [2.45, 2.75) is 18.6 Å². The summed E-state index contributed by atoms with van der Waals surface area (Å²) in [4.78, 5) is 0. The van der Waals surface area contributed by atoms with Gasteiger partial charge in [0.1, 0.15) is 0 Å². The number of nitrogens with one attached hydrogen (secondary N) is 1. The van der Waals surface area contributed by atoms with E-state index in [1.54, 1.807) is 6.07 Å². The molecule has 0 amide bonds. The third-order valence-corrected chi connectivity index (χ3v) is 3.63. The number of methoxy groups -OCH3 is 1. The molecular weight excluding hydrogens is 239 g/mol. The van der Waals surface area contributed by atoms with Crippen molar-refractivity contribution in [3.63, 3.8) is 0 Å². The number of rotatable bonds is 6. The molecule has 1 rings (SSSR count). The van der Waals surface area contributed by atoms with Gasteiger partial charge in [-0.25, -0.2) is 4.39 Å². The highest BCUT2D eigenvalue weighted by Crippen LogP contribution is 2.28. The molecule has 0 bridgehead atoms. The summed E-state index contributed by atoms with van der Waals surface area (Å²) in [5.74, 6) is -0.229. The zero-order chi connectivity index (χ0) is 12.8. The molecule has 3 N–H and O–H groups in total. The van der Waals surface area contributed by atoms with Crippen LogP contribution in [0.1, 0.15) is 13.3 Å². The second-order valence-electron chi connectivity index (χ2n) is 3.84. The average Bonchev–Trinajstić information content (AvgIpc) is 2.31. The van der Waals surface area contributed by atoms with Gasteiger partial charge in [0.05, 0.1) is 18.5 Å². The summed E-state index contributed by atoms with van der Waals surface area (Å²) in [6.45, 7) is 2.97. The Balaban J connectivity index is 2.64. The summed E-state index contributed by atoms with van der Waals surface area (Å²) in [6.07, 6.45) is 3.11. The first-order valence-corrected chi connectivity index (χ1v) is 6.77. The molecule has 96 valence electrons. The van der Waals surface area contributed by atoms with E-state index >= 15 is 0 Å². The monoisotopic (exact) mass is 258 g/mol. The molecule has 0 aromatic heterocycles. The van der Waals surface area contributed by atoms with E-state index in [4.69, 9.17) is 10.5 Å². The lowest BCUT2D eigenvalue weighted by Gasteiger charge is -2.13. The minimum Gasteiger partial charge on any atom is -0.494 e. The zero-order valence-corrected chi connectivity index (χ0v) is 11.2. The van der Waals surface area contributed by atoms with E-state index < -0.39 is 5.82 Å². The van der Waals surface area contributed by atoms with E-state index in [2.05, 4.69) is 18.5 Å². The van der Waals surface area contributed by atoms with Crippen molar-refractivity contribution >= 4 is 23.1 Å². The van der Waals surface area contributed by atoms with Crippen LogP contribution in [-0.4, -0.2) is 25.2 Å². The second kappa shape index (κ2) is 6.59. The molecule has 0 heterocycles. The molecule has 0 aliphatic carbocycles. The quantitative estimate of drug-likeness (QED) is 0.770. The molecule has 17 heavy (non-hydrogen) atoms. The number of ether oxygens (including phenoxy) is 1. The Kier molecular flexibility index (Phi) is 5.41. The second-order valence-corrected chi connectivity index (χ2v) is 5.11. The Morgan fingerprint density at radius 1 is 1.53 bits per heavy atom. The van der Waals surface area contributed by atoms with Crippen molar-refractivity contribution < 1.29 is 9.13 Å². The van der Waals surface area contributed by atoms with Crippen LogP contribution in [-0.2, 0) is 0 Å². The summed E-state index contributed by atoms with van der Waals surface area (Å²) in [6, 6.07) is 2.87. The molecule has 0 aliphatic heterocycles. The Morgan fingerprint density at radius 2 is 2.24 bits per heavy atom. The molecule has 1 aromatic rings. The van der Waals surface area contributed by atoms with Gasteiger partial charge in [-0.2, -0.15) is 11.8 Å². The van der Waals surface area contributed by atoms with Crippen LogP contribution in [0, 0.1) is 5.82 Å². The van der Waals surface area contributed by atoms with Crippen LogP contribution in [0.15, 0.2) is 12.1 Å². The van der Waals surface area contributed by atoms with E-state index in [1.165, 1.54) is 13.2 Å². The molecule has 0 spiro atoms. The molecule has 1 aromatic carbocycles. The number of anilines is 2. The van der Waals surface area contributed by atoms with Crippen LogP contribution < -0.4 is 15.8 Å². The number of hydrogen-bond acceptors (Lipinski definition) is 4. The van der Waals surface area contributed by atoms with Gasteiger partial charge < -0.3 is 15.8 Å². The van der Waals surface area contributed by atoms with Crippen LogP contribution in [0.2, 0.25) is 0 Å². The van der Waals surface area contributed by atoms with Gasteiger partial charge in [0, 0.05) is 23.9 Å². The summed E-state index contributed by atoms with van der Waals surface area (Å²) in [7, 11) is 1.44. The summed E-state index contributed by atoms with van der Waals surface area (Å²) in [5, 5.41) is 3.78. The molecule has 0 radical (unpaired) electrons. The van der Waals surface area contributed by atoms with Crippen molar-refractivity contribution in [2.24, 2.45) is 0 Å². The third-order valence-electron chi connectivity index (χ3n) is 2.59. The lowest BCUT2D eigenvalue weighted by molar-refractivity contribution is 0.387. The molecule has 5 heteroatoms. The highest BCUT2D eigenvalue weighted by Gasteiger charge is 2.08. The first-order valence-electron chi connectivity index (χ1n) is 5.48. The lowest BCUT2D eigenvalue weighted by atomic mass is 10.2.